The van der Waals surface area contributed by atoms with Crippen molar-refractivity contribution in [1.82, 2.24) is 9.55 Å². The third-order valence-corrected chi connectivity index (χ3v) is 16.9. The highest BCUT2D eigenvalue weighted by atomic mass is 31.3. The Balaban J connectivity index is 1.68. The van der Waals surface area contributed by atoms with E-state index in [1.807, 2.05) is 6.92 Å². The lowest BCUT2D eigenvalue weighted by Crippen LogP contribution is -2.51. The molecule has 2 saturated heterocycles. The molecule has 12 atom stereocenters. The minimum atomic E-state index is -5.71. The lowest BCUT2D eigenvalue weighted by atomic mass is 9.83. The van der Waals surface area contributed by atoms with Crippen molar-refractivity contribution in [3.05, 3.63) is 34.9 Å². The molecular formula is C53H93N3O18P2. The number of hydrogen-bond donors (Lipinski definition) is 7. The molecule has 3 heterocycles. The molecule has 2 fully saturated rings. The predicted molar refractivity (Wildman–Crippen MR) is 285 cm³/mol. The number of ketones is 1. The summed E-state index contributed by atoms with van der Waals surface area (Å²) in [6, 6.07) is 1.23. The molecule has 0 saturated carbocycles. The summed E-state index contributed by atoms with van der Waals surface area (Å²) < 4.78 is 59.0. The normalized spacial score (nSPS) is 28.9. The Bertz CT molecular complexity index is 2010. The zero-order chi connectivity index (χ0) is 55.9. The van der Waals surface area contributed by atoms with Gasteiger partial charge in [0.15, 0.2) is 6.10 Å². The van der Waals surface area contributed by atoms with Crippen molar-refractivity contribution in [2.24, 2.45) is 17.8 Å². The summed E-state index contributed by atoms with van der Waals surface area (Å²) in [5, 5.41) is 45.5. The van der Waals surface area contributed by atoms with Gasteiger partial charge in [-0.25, -0.2) is 13.9 Å². The maximum Gasteiger partial charge on any atom is 0.481 e. The Kier molecular flexibility index (Phi) is 32.9. The van der Waals surface area contributed by atoms with Crippen molar-refractivity contribution < 1.29 is 81.3 Å². The molecule has 23 heteroatoms. The molecule has 2 aliphatic heterocycles. The van der Waals surface area contributed by atoms with Gasteiger partial charge in [0.25, 0.3) is 0 Å². The number of aromatic nitrogens is 2. The van der Waals surface area contributed by atoms with Crippen molar-refractivity contribution in [2.45, 2.75) is 243 Å². The van der Waals surface area contributed by atoms with Crippen LogP contribution in [-0.4, -0.2) is 114 Å². The van der Waals surface area contributed by atoms with E-state index in [0.29, 0.717) is 38.5 Å². The molecule has 0 aromatic carbocycles. The van der Waals surface area contributed by atoms with Crippen LogP contribution in [0.1, 0.15) is 207 Å². The first-order chi connectivity index (χ1) is 36.3. The van der Waals surface area contributed by atoms with Crippen LogP contribution in [0.2, 0.25) is 0 Å². The van der Waals surface area contributed by atoms with Crippen molar-refractivity contribution >= 4 is 39.2 Å². The monoisotopic (exact) mass is 1120 g/mol. The quantitative estimate of drug-likeness (QED) is 0.0187. The fraction of sp³-hybridized carbons (Fsp3) is 0.830. The minimum Gasteiger partial charge on any atom is -0.462 e. The van der Waals surface area contributed by atoms with Crippen LogP contribution in [0.25, 0.3) is 0 Å². The van der Waals surface area contributed by atoms with Gasteiger partial charge in [-0.05, 0) is 37.7 Å². The van der Waals surface area contributed by atoms with Gasteiger partial charge < -0.3 is 50.2 Å². The maximum atomic E-state index is 14.3. The first-order valence-corrected chi connectivity index (χ1v) is 31.2. The molecule has 438 valence electrons. The van der Waals surface area contributed by atoms with E-state index in [1.165, 1.54) is 95.0 Å². The molecule has 0 radical (unpaired) electrons. The van der Waals surface area contributed by atoms with Crippen LogP contribution in [0.5, 0.6) is 0 Å². The Hall–Kier alpha value is -2.91. The second kappa shape index (κ2) is 37.1. The summed E-state index contributed by atoms with van der Waals surface area (Å²) in [6.07, 6.45) is 14.1. The van der Waals surface area contributed by atoms with Gasteiger partial charge in [0.2, 0.25) is 0 Å². The molecule has 2 aliphatic rings. The number of aliphatic hydroxyl groups is 4. The molecule has 3 unspecified atom stereocenters. The minimum absolute atomic E-state index is 0.000445. The van der Waals surface area contributed by atoms with Crippen molar-refractivity contribution in [3.8, 4) is 0 Å². The Morgan fingerprint density at radius 3 is 2.04 bits per heavy atom. The lowest BCUT2D eigenvalue weighted by Gasteiger charge is -2.38. The average Bonchev–Trinajstić information content (AvgIpc) is 3.36. The van der Waals surface area contributed by atoms with E-state index in [0.717, 1.165) is 49.0 Å². The summed E-state index contributed by atoms with van der Waals surface area (Å²) in [4.78, 5) is 78.5. The summed E-state index contributed by atoms with van der Waals surface area (Å²) in [5.74, 6) is -4.07. The number of unbranched alkanes of at least 4 members (excludes halogenated alkanes) is 15. The molecular weight excluding hydrogens is 1030 g/mol. The van der Waals surface area contributed by atoms with E-state index < -0.39 is 120 Å². The molecule has 21 nitrogen and oxygen atoms in total. The van der Waals surface area contributed by atoms with E-state index >= 15 is 0 Å². The number of carbonyl (C=O) groups is 3. The third kappa shape index (κ3) is 27.3. The number of rotatable bonds is 27. The molecule has 8 N–H and O–H groups in total. The number of nitrogen functional groups attached to an aromatic ring is 1. The molecule has 2 bridgehead atoms. The summed E-state index contributed by atoms with van der Waals surface area (Å²) in [6.45, 7) is 3.88. The van der Waals surface area contributed by atoms with Gasteiger partial charge in [-0.15, -0.1) is 0 Å². The molecule has 76 heavy (non-hydrogen) atoms. The van der Waals surface area contributed by atoms with Gasteiger partial charge in [-0.1, -0.05) is 168 Å². The van der Waals surface area contributed by atoms with E-state index in [2.05, 4.69) is 23.1 Å². The number of ether oxygens (including phenoxy) is 3. The first kappa shape index (κ1) is 67.4. The number of carbonyl (C=O) groups excluding carboxylic acids is 3. The predicted octanol–water partition coefficient (Wildman–Crippen LogP) is 8.84. The highest BCUT2D eigenvalue weighted by molar-refractivity contribution is 7.61. The van der Waals surface area contributed by atoms with E-state index in [4.69, 9.17) is 29.0 Å². The van der Waals surface area contributed by atoms with E-state index in [-0.39, 0.29) is 31.5 Å². The number of fused-ring (bicyclic) bond motifs is 3. The smallest absolute Gasteiger partial charge is 0.462 e. The van der Waals surface area contributed by atoms with Crippen LogP contribution in [0.15, 0.2) is 29.2 Å². The third-order valence-electron chi connectivity index (χ3n) is 14.3. The zero-order valence-electron chi connectivity index (χ0n) is 45.5. The molecule has 1 aromatic heterocycles. The Morgan fingerprint density at radius 2 is 1.42 bits per heavy atom. The fourth-order valence-electron chi connectivity index (χ4n) is 9.42. The second-order valence-corrected chi connectivity index (χ2v) is 23.9. The fourth-order valence-corrected chi connectivity index (χ4v) is 11.5. The number of esters is 2. The van der Waals surface area contributed by atoms with Crippen molar-refractivity contribution in [1.29, 1.82) is 0 Å². The maximum absolute atomic E-state index is 14.3. The number of aliphatic hydroxyl groups excluding tert-OH is 4. The SMILES string of the molecule is CCCCC[C@H](O)/C=C\[C@@H]1[C@H](O)[C@H](O)[C@H]2COP(=O)(O)OP(=O)(O)OC[C@@H](COC(=O)CCCCCCCCCCCCCCCCC(C)CC)OC(=O)CCCCCC[C@@H](C(=O)C[C@H]1O)[C@H](n1ccc(N)nc1=O)O2. The summed E-state index contributed by atoms with van der Waals surface area (Å²) in [5.41, 5.74) is 4.76. The van der Waals surface area contributed by atoms with Crippen LogP contribution >= 0.6 is 15.6 Å². The van der Waals surface area contributed by atoms with E-state index in [1.54, 1.807) is 0 Å². The van der Waals surface area contributed by atoms with Crippen LogP contribution in [0, 0.1) is 17.8 Å². The Labute approximate surface area is 450 Å². The number of phosphoric acid groups is 2. The summed E-state index contributed by atoms with van der Waals surface area (Å²) in [7, 11) is -11.3. The van der Waals surface area contributed by atoms with E-state index in [9.17, 15) is 58.5 Å². The van der Waals surface area contributed by atoms with Crippen molar-refractivity contribution in [3.63, 3.8) is 0 Å². The van der Waals surface area contributed by atoms with Gasteiger partial charge in [0.05, 0.1) is 37.4 Å². The number of phosphoric ester groups is 2. The number of anilines is 1. The molecule has 0 spiro atoms. The van der Waals surface area contributed by atoms with Gasteiger partial charge >= 0.3 is 33.3 Å². The standard InChI is InChI=1S/C53H93N3O18P2/c1-4-6-21-27-40(57)31-32-42-44(58)35-45(59)43-28-23-19-20-25-30-49(61)72-41(36-69-48(60)29-24-18-16-14-12-10-8-7-9-11-13-15-17-22-26-39(3)5-2)37-70-75(65,66)74-76(67,68)71-38-46(51(63)50(42)62)73-52(43)56-34-33-47(54)55-53(56)64/h31-34,39-44,46,50-52,57-58,62-63H,4-30,35-38H2,1-3H3,(H,65,66)(H,67,68)(H2,54,55,64)/b32-31-/t39?,40-,41+,42-,43-,44+,46+,50-,51+,52+/m0/s1. The number of nitrogens with zero attached hydrogens (tertiary/aromatic N) is 2. The highest BCUT2D eigenvalue weighted by Gasteiger charge is 2.45. The van der Waals surface area contributed by atoms with Crippen LogP contribution < -0.4 is 11.4 Å². The first-order valence-electron chi connectivity index (χ1n) is 28.2. The molecule has 3 rings (SSSR count). The van der Waals surface area contributed by atoms with Gasteiger partial charge in [0.1, 0.15) is 36.6 Å². The largest absolute Gasteiger partial charge is 0.481 e. The zero-order valence-corrected chi connectivity index (χ0v) is 47.2. The second-order valence-electron chi connectivity index (χ2n) is 20.8. The number of nitrogens with two attached hydrogens (primary N) is 1. The van der Waals surface area contributed by atoms with Gasteiger partial charge in [-0.2, -0.15) is 9.29 Å². The number of cyclic esters (lactones) is 1. The molecule has 1 aromatic rings. The molecule has 0 aliphatic carbocycles. The molecule has 0 amide bonds. The topological polar surface area (TPSA) is 323 Å². The Morgan fingerprint density at radius 1 is 0.829 bits per heavy atom. The summed E-state index contributed by atoms with van der Waals surface area (Å²) >= 11 is 0. The number of hydrogen-bond acceptors (Lipinski definition) is 18. The highest BCUT2D eigenvalue weighted by Crippen LogP contribution is 2.60. The van der Waals surface area contributed by atoms with Crippen molar-refractivity contribution in [2.75, 3.05) is 25.6 Å². The van der Waals surface area contributed by atoms with Crippen LogP contribution in [0.3, 0.4) is 0 Å². The van der Waals surface area contributed by atoms with Gasteiger partial charge in [-0.3, -0.25) is 28.0 Å². The van der Waals surface area contributed by atoms with Gasteiger partial charge in [0, 0.05) is 31.4 Å². The number of Topliss-reactive ketones (excluding diaryl/α,β-unsaturated/α-hetero) is 1. The van der Waals surface area contributed by atoms with Crippen LogP contribution in [-0.2, 0) is 51.1 Å². The van der Waals surface area contributed by atoms with Crippen LogP contribution in [0.4, 0.5) is 5.82 Å². The average molecular weight is 1120 g/mol. The lowest BCUT2D eigenvalue weighted by molar-refractivity contribution is -0.184.